The maximum absolute atomic E-state index is 13.9. The molecule has 2 heterocycles. The summed E-state index contributed by atoms with van der Waals surface area (Å²) in [5.41, 5.74) is 10.2. The van der Waals surface area contributed by atoms with Crippen LogP contribution in [0.15, 0.2) is 82.5 Å². The van der Waals surface area contributed by atoms with E-state index >= 15 is 0 Å². The smallest absolute Gasteiger partial charge is 0.294 e. The fraction of sp³-hybridized carbons (Fsp3) is 0.0769. The molecule has 13 heteroatoms. The highest BCUT2D eigenvalue weighted by Gasteiger charge is 2.25. The molecule has 0 fully saturated rings. The van der Waals surface area contributed by atoms with Crippen molar-refractivity contribution in [2.24, 2.45) is 5.10 Å². The number of methoxy groups -OCH3 is 1. The second kappa shape index (κ2) is 11.2. The molecular formula is C26H21FN8O4. The third-order valence-corrected chi connectivity index (χ3v) is 5.54. The van der Waals surface area contributed by atoms with Gasteiger partial charge in [0.2, 0.25) is 11.6 Å². The van der Waals surface area contributed by atoms with Crippen molar-refractivity contribution in [1.29, 1.82) is 0 Å². The van der Waals surface area contributed by atoms with Gasteiger partial charge in [-0.3, -0.25) is 4.79 Å². The fourth-order valence-electron chi connectivity index (χ4n) is 3.65. The molecule has 0 unspecified atom stereocenters. The molecule has 0 atom stereocenters. The van der Waals surface area contributed by atoms with Crippen LogP contribution in [0.4, 0.5) is 10.2 Å². The Morgan fingerprint density at radius 2 is 1.90 bits per heavy atom. The summed E-state index contributed by atoms with van der Waals surface area (Å²) in [7, 11) is 1.49. The average molecular weight is 529 g/mol. The number of nitrogens with zero attached hydrogens (tertiary/aromatic N) is 6. The van der Waals surface area contributed by atoms with Crippen molar-refractivity contribution in [3.8, 4) is 28.6 Å². The predicted molar refractivity (Wildman–Crippen MR) is 138 cm³/mol. The quantitative estimate of drug-likeness (QED) is 0.216. The number of carbonyl (C=O) groups is 1. The van der Waals surface area contributed by atoms with Crippen LogP contribution in [0, 0.1) is 5.82 Å². The molecule has 196 valence electrons. The maximum atomic E-state index is 13.9. The van der Waals surface area contributed by atoms with Gasteiger partial charge in [-0.15, -0.1) is 5.10 Å². The minimum Gasteiger partial charge on any atom is -0.493 e. The number of hydrogen-bond donors (Lipinski definition) is 2. The number of anilines is 1. The summed E-state index contributed by atoms with van der Waals surface area (Å²) >= 11 is 0. The molecule has 0 saturated carbocycles. The predicted octanol–water partition coefficient (Wildman–Crippen LogP) is 3.39. The van der Waals surface area contributed by atoms with Crippen molar-refractivity contribution in [2.45, 2.75) is 6.61 Å². The van der Waals surface area contributed by atoms with Crippen molar-refractivity contribution in [2.75, 3.05) is 12.8 Å². The number of ether oxygens (including phenoxy) is 2. The fourth-order valence-corrected chi connectivity index (χ4v) is 3.65. The van der Waals surface area contributed by atoms with Gasteiger partial charge in [-0.25, -0.2) is 14.4 Å². The molecule has 3 N–H and O–H groups in total. The molecule has 0 aliphatic rings. The lowest BCUT2D eigenvalue weighted by Crippen LogP contribution is -2.19. The zero-order chi connectivity index (χ0) is 27.2. The zero-order valence-corrected chi connectivity index (χ0v) is 20.5. The highest BCUT2D eigenvalue weighted by Crippen LogP contribution is 2.29. The number of amides is 1. The van der Waals surface area contributed by atoms with E-state index in [1.807, 2.05) is 6.07 Å². The van der Waals surface area contributed by atoms with E-state index in [9.17, 15) is 9.18 Å². The molecule has 2 aromatic heterocycles. The van der Waals surface area contributed by atoms with Gasteiger partial charge in [-0.2, -0.15) is 9.78 Å². The lowest BCUT2D eigenvalue weighted by Gasteiger charge is -2.11. The second-order valence-electron chi connectivity index (χ2n) is 8.03. The van der Waals surface area contributed by atoms with Crippen LogP contribution in [-0.4, -0.2) is 44.5 Å². The summed E-state index contributed by atoms with van der Waals surface area (Å²) in [5, 5.41) is 19.4. The standard InChI is InChI=1S/C26H21FN8O4/c1-37-21-13-16(11-12-20(21)38-15-18-9-5-6-10-19(18)27)14-29-31-26(36)22-23(17-7-3-2-4-8-17)35(34-30-22)25-24(28)32-39-33-25/h2-14H,15H2,1H3,(H2,28,32)(H,31,36). The molecule has 1 amide bonds. The Kier molecular flexibility index (Phi) is 7.21. The largest absolute Gasteiger partial charge is 0.493 e. The van der Waals surface area contributed by atoms with Crippen LogP contribution in [0.3, 0.4) is 0 Å². The van der Waals surface area contributed by atoms with Gasteiger partial charge in [0.25, 0.3) is 5.91 Å². The van der Waals surface area contributed by atoms with E-state index in [1.54, 1.807) is 60.7 Å². The number of halogens is 1. The van der Waals surface area contributed by atoms with Crippen LogP contribution in [0.2, 0.25) is 0 Å². The first-order valence-corrected chi connectivity index (χ1v) is 11.5. The van der Waals surface area contributed by atoms with Gasteiger partial charge in [0.1, 0.15) is 18.1 Å². The normalized spacial score (nSPS) is 11.0. The number of nitrogens with one attached hydrogen (secondary N) is 1. The Labute approximate surface area is 220 Å². The molecule has 0 saturated heterocycles. The summed E-state index contributed by atoms with van der Waals surface area (Å²) in [5.74, 6) is -0.0659. The van der Waals surface area contributed by atoms with Gasteiger partial charge in [0.05, 0.1) is 13.3 Å². The number of rotatable bonds is 9. The van der Waals surface area contributed by atoms with Crippen LogP contribution >= 0.6 is 0 Å². The van der Waals surface area contributed by atoms with Crippen LogP contribution in [-0.2, 0) is 6.61 Å². The van der Waals surface area contributed by atoms with Crippen molar-refractivity contribution in [1.82, 2.24) is 30.7 Å². The number of nitrogen functional groups attached to an aromatic ring is 1. The first kappa shape index (κ1) is 25.1. The van der Waals surface area contributed by atoms with E-state index in [-0.39, 0.29) is 29.8 Å². The lowest BCUT2D eigenvalue weighted by molar-refractivity contribution is 0.0950. The van der Waals surface area contributed by atoms with Crippen molar-refractivity contribution in [3.63, 3.8) is 0 Å². The Balaban J connectivity index is 1.33. The number of nitrogens with two attached hydrogens (primary N) is 1. The van der Waals surface area contributed by atoms with Crippen molar-refractivity contribution in [3.05, 3.63) is 95.4 Å². The van der Waals surface area contributed by atoms with Crippen molar-refractivity contribution < 1.29 is 23.3 Å². The van der Waals surface area contributed by atoms with Crippen LogP contribution in [0.25, 0.3) is 17.1 Å². The average Bonchev–Trinajstić information content (AvgIpc) is 3.59. The topological polar surface area (TPSA) is 156 Å². The third-order valence-electron chi connectivity index (χ3n) is 5.54. The summed E-state index contributed by atoms with van der Waals surface area (Å²) in [6.45, 7) is 0.0347. The van der Waals surface area contributed by atoms with Gasteiger partial charge >= 0.3 is 0 Å². The van der Waals surface area contributed by atoms with E-state index < -0.39 is 5.91 Å². The van der Waals surface area contributed by atoms with E-state index in [0.29, 0.717) is 33.9 Å². The maximum Gasteiger partial charge on any atom is 0.294 e. The number of hydrazone groups is 1. The molecular weight excluding hydrogens is 507 g/mol. The zero-order valence-electron chi connectivity index (χ0n) is 20.5. The molecule has 0 aliphatic heterocycles. The number of hydrogen-bond acceptors (Lipinski definition) is 10. The summed E-state index contributed by atoms with van der Waals surface area (Å²) in [4.78, 5) is 13.0. The molecule has 0 bridgehead atoms. The van der Waals surface area contributed by atoms with E-state index in [1.165, 1.54) is 24.1 Å². The van der Waals surface area contributed by atoms with Crippen LogP contribution in [0.1, 0.15) is 21.6 Å². The molecule has 3 aromatic carbocycles. The third kappa shape index (κ3) is 5.41. The first-order valence-electron chi connectivity index (χ1n) is 11.5. The molecule has 12 nitrogen and oxygen atoms in total. The monoisotopic (exact) mass is 528 g/mol. The van der Waals surface area contributed by atoms with E-state index in [4.69, 9.17) is 15.2 Å². The van der Waals surface area contributed by atoms with Crippen LogP contribution < -0.4 is 20.6 Å². The highest BCUT2D eigenvalue weighted by molar-refractivity contribution is 5.98. The Morgan fingerprint density at radius 3 is 2.64 bits per heavy atom. The summed E-state index contributed by atoms with van der Waals surface area (Å²) in [6, 6.07) is 20.4. The van der Waals surface area contributed by atoms with Gasteiger partial charge in [0, 0.05) is 11.1 Å². The minimum atomic E-state index is -0.622. The molecule has 0 radical (unpaired) electrons. The molecule has 5 aromatic rings. The SMILES string of the molecule is COc1cc(C=NNC(=O)c2nnn(-c3nonc3N)c2-c2ccccc2)ccc1OCc1ccccc1F. The van der Waals surface area contributed by atoms with E-state index in [0.717, 1.165) is 0 Å². The van der Waals surface area contributed by atoms with E-state index in [2.05, 4.69) is 35.8 Å². The second-order valence-corrected chi connectivity index (χ2v) is 8.03. The molecule has 39 heavy (non-hydrogen) atoms. The number of benzene rings is 3. The van der Waals surface area contributed by atoms with Gasteiger partial charge < -0.3 is 15.2 Å². The van der Waals surface area contributed by atoms with Gasteiger partial charge in [-0.05, 0) is 40.1 Å². The Bertz CT molecular complexity index is 1630. The first-order chi connectivity index (χ1) is 19.0. The molecule has 0 aliphatic carbocycles. The Morgan fingerprint density at radius 1 is 1.10 bits per heavy atom. The molecule has 0 spiro atoms. The van der Waals surface area contributed by atoms with Crippen molar-refractivity contribution >= 4 is 17.9 Å². The summed E-state index contributed by atoms with van der Waals surface area (Å²) < 4.78 is 31.0. The number of carbonyl (C=O) groups excluding carboxylic acids is 1. The lowest BCUT2D eigenvalue weighted by atomic mass is 10.1. The molecule has 5 rings (SSSR count). The Hall–Kier alpha value is -5.59. The number of aromatic nitrogens is 5. The van der Waals surface area contributed by atoms with Crippen LogP contribution in [0.5, 0.6) is 11.5 Å². The summed E-state index contributed by atoms with van der Waals surface area (Å²) in [6.07, 6.45) is 1.42. The minimum absolute atomic E-state index is 0.0164. The van der Waals surface area contributed by atoms with Gasteiger partial charge in [-0.1, -0.05) is 53.7 Å². The van der Waals surface area contributed by atoms with Gasteiger partial charge in [0.15, 0.2) is 17.2 Å². The highest BCUT2D eigenvalue weighted by atomic mass is 19.1.